The van der Waals surface area contributed by atoms with E-state index < -0.39 is 6.03 Å². The SMILES string of the molecule is CN(C(=O)CC(C)(C)C)c1ccc2c(c1)nc(NC(=O)Nc1ccc(C#N)cc1)n2CCCN1CCOCC1. The maximum absolute atomic E-state index is 12.9. The standard InChI is InChI=1S/C29H37N7O3/c1-29(2,3)19-26(37)34(4)23-10-11-25-24(18-23)32-27(36(25)13-5-12-35-14-16-39-17-15-35)33-28(38)31-22-8-6-21(20-30)7-9-22/h6-11,18H,5,12-17,19H2,1-4H3,(H2,31,32,33,38). The number of ether oxygens (including phenoxy) is 1. The van der Waals surface area contributed by atoms with Gasteiger partial charge in [-0.1, -0.05) is 20.8 Å². The van der Waals surface area contributed by atoms with Crippen LogP contribution in [0.4, 0.5) is 22.1 Å². The molecule has 2 aromatic carbocycles. The van der Waals surface area contributed by atoms with Crippen LogP contribution in [0, 0.1) is 16.7 Å². The predicted octanol–water partition coefficient (Wildman–Crippen LogP) is 4.67. The van der Waals surface area contributed by atoms with Crippen LogP contribution in [0.2, 0.25) is 0 Å². The summed E-state index contributed by atoms with van der Waals surface area (Å²) in [7, 11) is 1.78. The van der Waals surface area contributed by atoms with Crippen molar-refractivity contribution in [3.05, 3.63) is 48.0 Å². The Bertz CT molecular complexity index is 1350. The largest absolute Gasteiger partial charge is 0.379 e. The lowest BCUT2D eigenvalue weighted by molar-refractivity contribution is -0.120. The van der Waals surface area contributed by atoms with E-state index in [0.29, 0.717) is 35.7 Å². The van der Waals surface area contributed by atoms with E-state index >= 15 is 0 Å². The lowest BCUT2D eigenvalue weighted by atomic mass is 9.91. The summed E-state index contributed by atoms with van der Waals surface area (Å²) < 4.78 is 7.46. The summed E-state index contributed by atoms with van der Waals surface area (Å²) in [6, 6.07) is 14.1. The first kappa shape index (κ1) is 28.1. The highest BCUT2D eigenvalue weighted by Crippen LogP contribution is 2.27. The molecule has 3 amide bonds. The van der Waals surface area contributed by atoms with Crippen molar-refractivity contribution in [2.75, 3.05) is 55.4 Å². The van der Waals surface area contributed by atoms with Gasteiger partial charge < -0.3 is 19.5 Å². The second-order valence-corrected chi connectivity index (χ2v) is 11.0. The highest BCUT2D eigenvalue weighted by Gasteiger charge is 2.21. The van der Waals surface area contributed by atoms with Gasteiger partial charge in [0.25, 0.3) is 0 Å². The van der Waals surface area contributed by atoms with Gasteiger partial charge in [0.2, 0.25) is 11.9 Å². The number of anilines is 3. The molecular formula is C29H37N7O3. The zero-order chi connectivity index (χ0) is 28.0. The lowest BCUT2D eigenvalue weighted by Gasteiger charge is -2.26. The first-order valence-electron chi connectivity index (χ1n) is 13.3. The molecule has 1 fully saturated rings. The van der Waals surface area contributed by atoms with E-state index in [1.807, 2.05) is 43.5 Å². The third kappa shape index (κ3) is 7.56. The van der Waals surface area contributed by atoms with Crippen molar-refractivity contribution in [2.45, 2.75) is 40.2 Å². The molecule has 10 heteroatoms. The average molecular weight is 532 g/mol. The third-order valence-electron chi connectivity index (χ3n) is 6.63. The van der Waals surface area contributed by atoms with E-state index in [1.54, 1.807) is 36.2 Å². The molecular weight excluding hydrogens is 494 g/mol. The Balaban J connectivity index is 1.55. The van der Waals surface area contributed by atoms with Crippen molar-refractivity contribution in [1.82, 2.24) is 14.5 Å². The summed E-state index contributed by atoms with van der Waals surface area (Å²) in [5.41, 5.74) is 3.31. The molecule has 1 aliphatic heterocycles. The topological polar surface area (TPSA) is 116 Å². The summed E-state index contributed by atoms with van der Waals surface area (Å²) in [5.74, 6) is 0.464. The summed E-state index contributed by atoms with van der Waals surface area (Å²) in [6.07, 6.45) is 1.31. The van der Waals surface area contributed by atoms with Crippen LogP contribution >= 0.6 is 0 Å². The van der Waals surface area contributed by atoms with E-state index in [4.69, 9.17) is 15.0 Å². The Kier molecular flexibility index (Phi) is 8.84. The molecule has 1 aliphatic rings. The van der Waals surface area contributed by atoms with Gasteiger partial charge in [-0.15, -0.1) is 0 Å². The van der Waals surface area contributed by atoms with Crippen LogP contribution in [0.5, 0.6) is 0 Å². The minimum Gasteiger partial charge on any atom is -0.379 e. The number of hydrogen-bond acceptors (Lipinski definition) is 6. The average Bonchev–Trinajstić information content (AvgIpc) is 3.24. The molecule has 206 valence electrons. The molecule has 10 nitrogen and oxygen atoms in total. The molecule has 1 aromatic heterocycles. The van der Waals surface area contributed by atoms with Crippen LogP contribution in [-0.4, -0.2) is 66.3 Å². The van der Waals surface area contributed by atoms with E-state index in [1.165, 1.54) is 0 Å². The fourth-order valence-corrected chi connectivity index (χ4v) is 4.53. The van der Waals surface area contributed by atoms with Crippen molar-refractivity contribution in [2.24, 2.45) is 5.41 Å². The third-order valence-corrected chi connectivity index (χ3v) is 6.63. The van der Waals surface area contributed by atoms with Crippen molar-refractivity contribution in [1.29, 1.82) is 5.26 Å². The van der Waals surface area contributed by atoms with Gasteiger partial charge in [0.05, 0.1) is 35.9 Å². The number of aryl methyl sites for hydroxylation is 1. The number of morpholine rings is 1. The van der Waals surface area contributed by atoms with Crippen LogP contribution in [-0.2, 0) is 16.1 Å². The number of fused-ring (bicyclic) bond motifs is 1. The van der Waals surface area contributed by atoms with Crippen molar-refractivity contribution in [3.63, 3.8) is 0 Å². The Hall–Kier alpha value is -3.94. The molecule has 0 aliphatic carbocycles. The Morgan fingerprint density at radius 1 is 1.08 bits per heavy atom. The summed E-state index contributed by atoms with van der Waals surface area (Å²) in [6.45, 7) is 11.0. The van der Waals surface area contributed by atoms with Gasteiger partial charge in [-0.2, -0.15) is 5.26 Å². The van der Waals surface area contributed by atoms with Crippen LogP contribution in [0.15, 0.2) is 42.5 Å². The smallest absolute Gasteiger partial charge is 0.326 e. The quantitative estimate of drug-likeness (QED) is 0.436. The molecule has 0 saturated carbocycles. The number of hydrogen-bond donors (Lipinski definition) is 2. The number of urea groups is 1. The molecule has 0 spiro atoms. The molecule has 0 bridgehead atoms. The minimum atomic E-state index is -0.429. The van der Waals surface area contributed by atoms with Gasteiger partial charge in [0.15, 0.2) is 0 Å². The molecule has 0 unspecified atom stereocenters. The molecule has 4 rings (SSSR count). The number of carbonyl (C=O) groups excluding carboxylic acids is 2. The number of nitrogens with one attached hydrogen (secondary N) is 2. The molecule has 2 heterocycles. The van der Waals surface area contributed by atoms with E-state index in [-0.39, 0.29) is 11.3 Å². The number of nitrogens with zero attached hydrogens (tertiary/aromatic N) is 5. The zero-order valence-electron chi connectivity index (χ0n) is 23.2. The molecule has 1 saturated heterocycles. The Labute approximate surface area is 229 Å². The van der Waals surface area contributed by atoms with Gasteiger partial charge in [-0.3, -0.25) is 15.0 Å². The highest BCUT2D eigenvalue weighted by atomic mass is 16.5. The maximum atomic E-state index is 12.9. The number of imidazole rings is 1. The summed E-state index contributed by atoms with van der Waals surface area (Å²) in [4.78, 5) is 34.5. The predicted molar refractivity (Wildman–Crippen MR) is 153 cm³/mol. The Morgan fingerprint density at radius 3 is 2.46 bits per heavy atom. The molecule has 3 aromatic rings. The van der Waals surface area contributed by atoms with E-state index in [0.717, 1.165) is 50.5 Å². The van der Waals surface area contributed by atoms with Crippen LogP contribution in [0.3, 0.4) is 0 Å². The zero-order valence-corrected chi connectivity index (χ0v) is 23.2. The maximum Gasteiger partial charge on any atom is 0.326 e. The highest BCUT2D eigenvalue weighted by molar-refractivity contribution is 6.00. The van der Waals surface area contributed by atoms with Gasteiger partial charge in [-0.25, -0.2) is 9.78 Å². The lowest BCUT2D eigenvalue weighted by Crippen LogP contribution is -2.37. The van der Waals surface area contributed by atoms with Gasteiger partial charge in [-0.05, 0) is 54.3 Å². The normalized spacial score (nSPS) is 14.1. The number of aromatic nitrogens is 2. The molecule has 0 radical (unpaired) electrons. The second kappa shape index (κ2) is 12.3. The number of carbonyl (C=O) groups is 2. The van der Waals surface area contributed by atoms with E-state index in [9.17, 15) is 9.59 Å². The van der Waals surface area contributed by atoms with Gasteiger partial charge in [0.1, 0.15) is 0 Å². The van der Waals surface area contributed by atoms with Gasteiger partial charge in [0, 0.05) is 51.0 Å². The minimum absolute atomic E-state index is 0.0342. The van der Waals surface area contributed by atoms with Crippen molar-refractivity contribution in [3.8, 4) is 6.07 Å². The molecule has 0 atom stereocenters. The fourth-order valence-electron chi connectivity index (χ4n) is 4.53. The van der Waals surface area contributed by atoms with E-state index in [2.05, 4.69) is 21.6 Å². The van der Waals surface area contributed by atoms with Gasteiger partial charge >= 0.3 is 6.03 Å². The number of benzene rings is 2. The fraction of sp³-hybridized carbons (Fsp3) is 0.448. The van der Waals surface area contributed by atoms with Crippen molar-refractivity contribution >= 4 is 40.3 Å². The first-order valence-corrected chi connectivity index (χ1v) is 13.3. The first-order chi connectivity index (χ1) is 18.6. The van der Waals surface area contributed by atoms with Crippen LogP contribution in [0.25, 0.3) is 11.0 Å². The number of nitriles is 1. The second-order valence-electron chi connectivity index (χ2n) is 11.0. The van der Waals surface area contributed by atoms with Crippen LogP contribution < -0.4 is 15.5 Å². The summed E-state index contributed by atoms with van der Waals surface area (Å²) >= 11 is 0. The van der Waals surface area contributed by atoms with Crippen molar-refractivity contribution < 1.29 is 14.3 Å². The summed E-state index contributed by atoms with van der Waals surface area (Å²) in [5, 5.41) is 14.7. The Morgan fingerprint density at radius 2 is 1.79 bits per heavy atom. The molecule has 2 N–H and O–H groups in total. The number of amides is 3. The van der Waals surface area contributed by atoms with Crippen LogP contribution in [0.1, 0.15) is 39.2 Å². The number of rotatable bonds is 8. The molecule has 39 heavy (non-hydrogen) atoms. The monoisotopic (exact) mass is 531 g/mol.